The Morgan fingerprint density at radius 1 is 0.900 bits per heavy atom. The van der Waals surface area contributed by atoms with E-state index in [4.69, 9.17) is 0 Å². The second kappa shape index (κ2) is 8.65. The molecule has 0 atom stereocenters. The number of nitrogens with zero attached hydrogens (tertiary/aromatic N) is 4. The summed E-state index contributed by atoms with van der Waals surface area (Å²) in [5, 5.41) is 0. The van der Waals surface area contributed by atoms with Crippen LogP contribution < -0.4 is 9.21 Å². The minimum Gasteiger partial charge on any atom is -0.368 e. The Bertz CT molecular complexity index is 1010. The van der Waals surface area contributed by atoms with E-state index in [1.165, 1.54) is 42.3 Å². The molecule has 2 aromatic carbocycles. The highest BCUT2D eigenvalue weighted by Gasteiger charge is 2.24. The van der Waals surface area contributed by atoms with E-state index < -0.39 is 10.2 Å². The largest absolute Gasteiger partial charge is 0.368 e. The van der Waals surface area contributed by atoms with Gasteiger partial charge in [-0.1, -0.05) is 12.1 Å². The summed E-state index contributed by atoms with van der Waals surface area (Å²) in [4.78, 5) is 17.1. The number of carbonyl (C=O) groups excluding carboxylic acids is 1. The predicted molar refractivity (Wildman–Crippen MR) is 121 cm³/mol. The Morgan fingerprint density at radius 2 is 1.50 bits per heavy atom. The highest BCUT2D eigenvalue weighted by atomic mass is 32.2. The van der Waals surface area contributed by atoms with Crippen LogP contribution in [0.3, 0.4) is 0 Å². The molecule has 7 nitrogen and oxygen atoms in total. The molecule has 1 fully saturated rings. The molecule has 2 aromatic rings. The maximum Gasteiger partial charge on any atom is 0.303 e. The van der Waals surface area contributed by atoms with E-state index in [1.807, 2.05) is 4.90 Å². The van der Waals surface area contributed by atoms with Gasteiger partial charge in [-0.2, -0.15) is 12.7 Å². The summed E-state index contributed by atoms with van der Waals surface area (Å²) >= 11 is 0. The van der Waals surface area contributed by atoms with E-state index in [1.54, 1.807) is 24.3 Å². The quantitative estimate of drug-likeness (QED) is 0.731. The first-order valence-electron chi connectivity index (χ1n) is 10.00. The first-order valence-corrected chi connectivity index (χ1v) is 11.4. The molecule has 0 aliphatic carbocycles. The van der Waals surface area contributed by atoms with Crippen LogP contribution in [-0.4, -0.2) is 70.9 Å². The molecule has 0 spiro atoms. The molecule has 3 rings (SSSR count). The number of piperazine rings is 1. The maximum atomic E-state index is 12.9. The lowest BCUT2D eigenvalue weighted by atomic mass is 10.1. The predicted octanol–water partition coefficient (Wildman–Crippen LogP) is 2.51. The summed E-state index contributed by atoms with van der Waals surface area (Å²) in [7, 11) is 0.917. The number of rotatable bonds is 5. The van der Waals surface area contributed by atoms with Crippen molar-refractivity contribution < 1.29 is 13.2 Å². The van der Waals surface area contributed by atoms with Gasteiger partial charge < -0.3 is 9.80 Å². The second-order valence-electron chi connectivity index (χ2n) is 7.80. The average Bonchev–Trinajstić information content (AvgIpc) is 2.75. The smallest absolute Gasteiger partial charge is 0.303 e. The zero-order chi connectivity index (χ0) is 22.1. The van der Waals surface area contributed by atoms with Crippen molar-refractivity contribution in [2.75, 3.05) is 56.5 Å². The minimum atomic E-state index is -3.56. The van der Waals surface area contributed by atoms with Crippen molar-refractivity contribution in [2.45, 2.75) is 13.8 Å². The van der Waals surface area contributed by atoms with Crippen molar-refractivity contribution in [2.24, 2.45) is 0 Å². The second-order valence-corrected chi connectivity index (χ2v) is 9.98. The molecular formula is C22H30N4O3S. The number of anilines is 2. The Labute approximate surface area is 179 Å². The fourth-order valence-corrected chi connectivity index (χ4v) is 4.48. The highest BCUT2D eigenvalue weighted by molar-refractivity contribution is 7.90. The summed E-state index contributed by atoms with van der Waals surface area (Å²) < 4.78 is 26.9. The first-order chi connectivity index (χ1) is 14.1. The third kappa shape index (κ3) is 4.29. The van der Waals surface area contributed by atoms with Crippen molar-refractivity contribution in [3.63, 3.8) is 0 Å². The van der Waals surface area contributed by atoms with Crippen LogP contribution in [0.25, 0.3) is 0 Å². The SMILES string of the molecule is Cc1cccc(N2CCN(C(=O)c3ccc(N(C)S(=O)(=O)N(C)C)cc3)CC2)c1C. The van der Waals surface area contributed by atoms with Gasteiger partial charge in [-0.15, -0.1) is 0 Å². The zero-order valence-electron chi connectivity index (χ0n) is 18.3. The molecule has 0 saturated carbocycles. The zero-order valence-corrected chi connectivity index (χ0v) is 19.1. The van der Waals surface area contributed by atoms with Crippen LogP contribution in [0.15, 0.2) is 42.5 Å². The van der Waals surface area contributed by atoms with Gasteiger partial charge in [-0.25, -0.2) is 0 Å². The summed E-state index contributed by atoms with van der Waals surface area (Å²) in [5.41, 5.74) is 4.86. The summed E-state index contributed by atoms with van der Waals surface area (Å²) in [6.45, 7) is 7.14. The molecule has 1 saturated heterocycles. The third-order valence-corrected chi connectivity index (χ3v) is 7.59. The fourth-order valence-electron chi connectivity index (χ4n) is 3.60. The van der Waals surface area contributed by atoms with E-state index in [-0.39, 0.29) is 5.91 Å². The van der Waals surface area contributed by atoms with Crippen molar-refractivity contribution in [3.8, 4) is 0 Å². The van der Waals surface area contributed by atoms with E-state index in [0.29, 0.717) is 24.3 Å². The van der Waals surface area contributed by atoms with Crippen molar-refractivity contribution in [1.82, 2.24) is 9.21 Å². The first kappa shape index (κ1) is 22.1. The monoisotopic (exact) mass is 430 g/mol. The molecular weight excluding hydrogens is 400 g/mol. The van der Waals surface area contributed by atoms with Gasteiger partial charge in [0.05, 0.1) is 5.69 Å². The normalized spacial score (nSPS) is 14.9. The lowest BCUT2D eigenvalue weighted by molar-refractivity contribution is 0.0747. The Hall–Kier alpha value is -2.58. The van der Waals surface area contributed by atoms with Crippen molar-refractivity contribution in [3.05, 3.63) is 59.2 Å². The van der Waals surface area contributed by atoms with Gasteiger partial charge in [0.15, 0.2) is 0 Å². The molecule has 1 amide bonds. The lowest BCUT2D eigenvalue weighted by Crippen LogP contribution is -2.49. The number of amides is 1. The van der Waals surface area contributed by atoms with Gasteiger partial charge in [-0.05, 0) is 55.3 Å². The average molecular weight is 431 g/mol. The van der Waals surface area contributed by atoms with Gasteiger partial charge in [0, 0.05) is 58.6 Å². The third-order valence-electron chi connectivity index (χ3n) is 5.77. The minimum absolute atomic E-state index is 0.0275. The van der Waals surface area contributed by atoms with Gasteiger partial charge >= 0.3 is 10.2 Å². The van der Waals surface area contributed by atoms with Crippen LogP contribution in [0.4, 0.5) is 11.4 Å². The maximum absolute atomic E-state index is 12.9. The van der Waals surface area contributed by atoms with Gasteiger partial charge in [0.2, 0.25) is 0 Å². The van der Waals surface area contributed by atoms with Crippen LogP contribution in [0.1, 0.15) is 21.5 Å². The summed E-state index contributed by atoms with van der Waals surface area (Å²) in [5.74, 6) is -0.0275. The standard InChI is InChI=1S/C22H30N4O3S/c1-17-7-6-8-21(18(17)2)25-13-15-26(16-14-25)22(27)19-9-11-20(12-10-19)24(5)30(28,29)23(3)4/h6-12H,13-16H2,1-5H3. The van der Waals surface area contributed by atoms with E-state index in [2.05, 4.69) is 36.9 Å². The highest BCUT2D eigenvalue weighted by Crippen LogP contribution is 2.24. The molecule has 8 heteroatoms. The number of hydrogen-bond donors (Lipinski definition) is 0. The molecule has 0 bridgehead atoms. The number of benzene rings is 2. The van der Waals surface area contributed by atoms with Crippen LogP contribution >= 0.6 is 0 Å². The fraction of sp³-hybridized carbons (Fsp3) is 0.409. The summed E-state index contributed by atoms with van der Waals surface area (Å²) in [6, 6.07) is 13.0. The summed E-state index contributed by atoms with van der Waals surface area (Å²) in [6.07, 6.45) is 0. The van der Waals surface area contributed by atoms with Gasteiger partial charge in [0.1, 0.15) is 0 Å². The Morgan fingerprint density at radius 3 is 2.07 bits per heavy atom. The van der Waals surface area contributed by atoms with Gasteiger partial charge in [-0.3, -0.25) is 9.10 Å². The van der Waals surface area contributed by atoms with E-state index in [9.17, 15) is 13.2 Å². The Kier molecular flexibility index (Phi) is 6.38. The van der Waals surface area contributed by atoms with Crippen LogP contribution in [-0.2, 0) is 10.2 Å². The van der Waals surface area contributed by atoms with Crippen LogP contribution in [0, 0.1) is 13.8 Å². The van der Waals surface area contributed by atoms with Crippen LogP contribution in [0.5, 0.6) is 0 Å². The number of carbonyl (C=O) groups is 1. The molecule has 0 aromatic heterocycles. The molecule has 30 heavy (non-hydrogen) atoms. The van der Waals surface area contributed by atoms with E-state index in [0.717, 1.165) is 17.4 Å². The molecule has 1 aliphatic rings. The number of hydrogen-bond acceptors (Lipinski definition) is 4. The number of aryl methyl sites for hydroxylation is 1. The molecule has 162 valence electrons. The molecule has 0 N–H and O–H groups in total. The lowest BCUT2D eigenvalue weighted by Gasteiger charge is -2.37. The topological polar surface area (TPSA) is 64.2 Å². The van der Waals surface area contributed by atoms with Crippen LogP contribution in [0.2, 0.25) is 0 Å². The van der Waals surface area contributed by atoms with E-state index >= 15 is 0 Å². The molecule has 1 aliphatic heterocycles. The molecule has 0 unspecified atom stereocenters. The van der Waals surface area contributed by atoms with Crippen molar-refractivity contribution in [1.29, 1.82) is 0 Å². The molecule has 0 radical (unpaired) electrons. The van der Waals surface area contributed by atoms with Gasteiger partial charge in [0.25, 0.3) is 5.91 Å². The molecule has 1 heterocycles. The van der Waals surface area contributed by atoms with Crippen molar-refractivity contribution >= 4 is 27.5 Å². The Balaban J connectivity index is 1.66.